The molecule has 4 aliphatic rings. The Morgan fingerprint density at radius 3 is 2.33 bits per heavy atom. The molecular formula is C26H44O4. The molecule has 0 spiro atoms. The first-order valence-corrected chi connectivity index (χ1v) is 12.7. The van der Waals surface area contributed by atoms with E-state index in [-0.39, 0.29) is 29.5 Å². The fraction of sp³-hybridized carbons (Fsp3) is 0.962. The number of fused-ring (bicyclic) bond motifs is 5. The van der Waals surface area contributed by atoms with Crippen molar-refractivity contribution in [3.63, 3.8) is 0 Å². The maximum absolute atomic E-state index is 11.7. The van der Waals surface area contributed by atoms with Crippen molar-refractivity contribution in [1.82, 2.24) is 0 Å². The average molecular weight is 421 g/mol. The van der Waals surface area contributed by atoms with Crippen LogP contribution < -0.4 is 0 Å². The van der Waals surface area contributed by atoms with Crippen LogP contribution >= 0.6 is 0 Å². The summed E-state index contributed by atoms with van der Waals surface area (Å²) in [5, 5.41) is 31.3. The van der Waals surface area contributed by atoms with Gasteiger partial charge in [0.1, 0.15) is 0 Å². The van der Waals surface area contributed by atoms with Crippen molar-refractivity contribution in [1.29, 1.82) is 0 Å². The van der Waals surface area contributed by atoms with Crippen LogP contribution in [0.1, 0.15) is 91.9 Å². The fourth-order valence-corrected chi connectivity index (χ4v) is 9.48. The summed E-state index contributed by atoms with van der Waals surface area (Å²) in [6, 6.07) is 0. The van der Waals surface area contributed by atoms with E-state index in [4.69, 9.17) is 5.11 Å². The number of aliphatic carboxylic acids is 1. The van der Waals surface area contributed by atoms with Crippen LogP contribution in [0.4, 0.5) is 0 Å². The second-order valence-electron chi connectivity index (χ2n) is 12.0. The van der Waals surface area contributed by atoms with Gasteiger partial charge in [0.15, 0.2) is 0 Å². The van der Waals surface area contributed by atoms with Gasteiger partial charge < -0.3 is 15.3 Å². The Morgan fingerprint density at radius 1 is 1.00 bits per heavy atom. The lowest BCUT2D eigenvalue weighted by molar-refractivity contribution is -0.203. The van der Waals surface area contributed by atoms with Gasteiger partial charge >= 0.3 is 5.97 Å². The Kier molecular flexibility index (Phi) is 6.07. The van der Waals surface area contributed by atoms with E-state index in [9.17, 15) is 15.0 Å². The number of carbonyl (C=O) groups is 1. The monoisotopic (exact) mass is 420 g/mol. The molecule has 4 heteroatoms. The molecule has 0 bridgehead atoms. The van der Waals surface area contributed by atoms with Gasteiger partial charge in [0.2, 0.25) is 0 Å². The standard InChI is InChI=1S/C26H44O4/c1-5-17-21-14-16(27)10-12-26(21,4)20-11-13-25(3)18(15(2)6-9-22(28)29)7-8-19(25)23(20)24(17)30/h15-21,23-24,27,30H,5-14H2,1-4H3,(H,28,29)/t15-,16-,17?,18-,19?,20?,21?,23?,24-,25-,26-/m1/s1. The maximum Gasteiger partial charge on any atom is 0.303 e. The van der Waals surface area contributed by atoms with Crippen molar-refractivity contribution in [3.05, 3.63) is 0 Å². The summed E-state index contributed by atoms with van der Waals surface area (Å²) in [4.78, 5) is 11.1. The molecule has 0 amide bonds. The van der Waals surface area contributed by atoms with Crippen molar-refractivity contribution >= 4 is 5.97 Å². The van der Waals surface area contributed by atoms with Crippen molar-refractivity contribution in [2.45, 2.75) is 104 Å². The number of carboxylic acids is 1. The van der Waals surface area contributed by atoms with Crippen LogP contribution in [0.15, 0.2) is 0 Å². The number of aliphatic hydroxyl groups is 2. The number of rotatable bonds is 5. The molecule has 172 valence electrons. The van der Waals surface area contributed by atoms with Crippen LogP contribution in [0, 0.1) is 52.3 Å². The van der Waals surface area contributed by atoms with Crippen LogP contribution in [0.5, 0.6) is 0 Å². The number of carboxylic acid groups (broad SMARTS) is 1. The molecule has 4 fully saturated rings. The lowest BCUT2D eigenvalue weighted by Gasteiger charge is -2.64. The van der Waals surface area contributed by atoms with E-state index < -0.39 is 5.97 Å². The minimum Gasteiger partial charge on any atom is -0.481 e. The molecule has 0 saturated heterocycles. The Labute approximate surface area is 182 Å². The zero-order chi connectivity index (χ0) is 21.8. The van der Waals surface area contributed by atoms with Gasteiger partial charge in [-0.05, 0) is 104 Å². The summed E-state index contributed by atoms with van der Waals surface area (Å²) in [5.74, 6) is 2.58. The molecule has 4 rings (SSSR count). The minimum absolute atomic E-state index is 0.194. The van der Waals surface area contributed by atoms with Gasteiger partial charge in [0, 0.05) is 6.42 Å². The average Bonchev–Trinajstić information content (AvgIpc) is 3.05. The van der Waals surface area contributed by atoms with Gasteiger partial charge in [-0.15, -0.1) is 0 Å². The highest BCUT2D eigenvalue weighted by Crippen LogP contribution is 2.69. The summed E-state index contributed by atoms with van der Waals surface area (Å²) < 4.78 is 0. The molecule has 30 heavy (non-hydrogen) atoms. The first-order chi connectivity index (χ1) is 14.1. The maximum atomic E-state index is 11.7. The van der Waals surface area contributed by atoms with Gasteiger partial charge in [-0.3, -0.25) is 4.79 Å². The fourth-order valence-electron chi connectivity index (χ4n) is 9.48. The van der Waals surface area contributed by atoms with E-state index in [0.29, 0.717) is 41.4 Å². The van der Waals surface area contributed by atoms with E-state index in [2.05, 4.69) is 27.7 Å². The number of hydrogen-bond donors (Lipinski definition) is 3. The Morgan fingerprint density at radius 2 is 1.67 bits per heavy atom. The summed E-state index contributed by atoms with van der Waals surface area (Å²) in [7, 11) is 0. The third-order valence-corrected chi connectivity index (χ3v) is 11.0. The molecule has 4 saturated carbocycles. The number of hydrogen-bond acceptors (Lipinski definition) is 3. The van der Waals surface area contributed by atoms with Crippen molar-refractivity contribution in [2.75, 3.05) is 0 Å². The van der Waals surface area contributed by atoms with Crippen LogP contribution in [-0.4, -0.2) is 33.5 Å². The van der Waals surface area contributed by atoms with Gasteiger partial charge in [-0.2, -0.15) is 0 Å². The van der Waals surface area contributed by atoms with Crippen molar-refractivity contribution in [3.8, 4) is 0 Å². The predicted octanol–water partition coefficient (Wildman–Crippen LogP) is 5.11. The Hall–Kier alpha value is -0.610. The third kappa shape index (κ3) is 3.36. The minimum atomic E-state index is -0.683. The molecule has 0 aromatic heterocycles. The highest BCUT2D eigenvalue weighted by molar-refractivity contribution is 5.66. The van der Waals surface area contributed by atoms with E-state index in [1.165, 1.54) is 25.7 Å². The topological polar surface area (TPSA) is 77.8 Å². The molecular weight excluding hydrogens is 376 g/mol. The van der Waals surface area contributed by atoms with Crippen LogP contribution in [-0.2, 0) is 4.79 Å². The molecule has 3 N–H and O–H groups in total. The SMILES string of the molecule is CCC1C2C[C@H](O)CC[C@]2(C)C2CC[C@@]3(C)C(CC[C@@H]3[C@H](C)CCC(=O)O)C2[C@@H]1O. The summed E-state index contributed by atoms with van der Waals surface area (Å²) in [6.07, 6.45) is 9.27. The van der Waals surface area contributed by atoms with Crippen LogP contribution in [0.25, 0.3) is 0 Å². The molecule has 0 aromatic rings. The Bertz CT molecular complexity index is 649. The Balaban J connectivity index is 1.61. The van der Waals surface area contributed by atoms with E-state index in [0.717, 1.165) is 32.1 Å². The molecule has 0 aromatic carbocycles. The zero-order valence-electron chi connectivity index (χ0n) is 19.5. The molecule has 4 aliphatic carbocycles. The van der Waals surface area contributed by atoms with Crippen molar-refractivity contribution in [2.24, 2.45) is 52.3 Å². The first kappa shape index (κ1) is 22.6. The summed E-state index contributed by atoms with van der Waals surface area (Å²) in [5.41, 5.74) is 0.480. The normalized spacial score (nSPS) is 51.5. The second kappa shape index (κ2) is 8.06. The molecule has 0 aliphatic heterocycles. The predicted molar refractivity (Wildman–Crippen MR) is 118 cm³/mol. The highest BCUT2D eigenvalue weighted by Gasteiger charge is 2.64. The van der Waals surface area contributed by atoms with Gasteiger partial charge in [0.05, 0.1) is 12.2 Å². The quantitative estimate of drug-likeness (QED) is 0.577. The second-order valence-corrected chi connectivity index (χ2v) is 12.0. The zero-order valence-corrected chi connectivity index (χ0v) is 19.5. The van der Waals surface area contributed by atoms with E-state index in [1.807, 2.05) is 0 Å². The third-order valence-electron chi connectivity index (χ3n) is 11.0. The van der Waals surface area contributed by atoms with E-state index in [1.54, 1.807) is 0 Å². The van der Waals surface area contributed by atoms with Gasteiger partial charge in [-0.25, -0.2) is 0 Å². The molecule has 0 radical (unpaired) electrons. The van der Waals surface area contributed by atoms with Gasteiger partial charge in [0.25, 0.3) is 0 Å². The first-order valence-electron chi connectivity index (χ1n) is 12.7. The molecule has 4 nitrogen and oxygen atoms in total. The molecule has 0 heterocycles. The van der Waals surface area contributed by atoms with E-state index >= 15 is 0 Å². The van der Waals surface area contributed by atoms with Crippen LogP contribution in [0.2, 0.25) is 0 Å². The smallest absolute Gasteiger partial charge is 0.303 e. The van der Waals surface area contributed by atoms with Crippen molar-refractivity contribution < 1.29 is 20.1 Å². The summed E-state index contributed by atoms with van der Waals surface area (Å²) in [6.45, 7) is 9.44. The summed E-state index contributed by atoms with van der Waals surface area (Å²) >= 11 is 0. The molecule has 11 atom stereocenters. The molecule has 5 unspecified atom stereocenters. The highest BCUT2D eigenvalue weighted by atomic mass is 16.4. The van der Waals surface area contributed by atoms with Crippen LogP contribution in [0.3, 0.4) is 0 Å². The van der Waals surface area contributed by atoms with Gasteiger partial charge in [-0.1, -0.05) is 34.1 Å². The lowest BCUT2D eigenvalue weighted by Crippen LogP contribution is -2.62. The lowest BCUT2D eigenvalue weighted by atomic mass is 9.41. The largest absolute Gasteiger partial charge is 0.481 e. The number of aliphatic hydroxyl groups excluding tert-OH is 2.